The van der Waals surface area contributed by atoms with E-state index in [4.69, 9.17) is 10.5 Å². The summed E-state index contributed by atoms with van der Waals surface area (Å²) in [5.74, 6) is 1.79. The molecule has 0 aliphatic carbocycles. The average Bonchev–Trinajstić information content (AvgIpc) is 2.88. The normalized spacial score (nSPS) is 26.4. The van der Waals surface area contributed by atoms with Gasteiger partial charge < -0.3 is 25.4 Å². The van der Waals surface area contributed by atoms with Gasteiger partial charge in [0.15, 0.2) is 0 Å². The van der Waals surface area contributed by atoms with Crippen LogP contribution in [0.5, 0.6) is 0 Å². The molecule has 3 heterocycles. The van der Waals surface area contributed by atoms with Crippen molar-refractivity contribution >= 4 is 17.8 Å². The number of anilines is 3. The average molecular weight is 294 g/mol. The molecule has 0 saturated carbocycles. The van der Waals surface area contributed by atoms with Gasteiger partial charge in [-0.1, -0.05) is 6.92 Å². The van der Waals surface area contributed by atoms with Crippen LogP contribution in [-0.4, -0.2) is 65.6 Å². The van der Waals surface area contributed by atoms with E-state index < -0.39 is 0 Å². The van der Waals surface area contributed by atoms with Crippen LogP contribution in [-0.2, 0) is 4.74 Å². The number of aliphatic hydroxyl groups excluding tert-OH is 1. The van der Waals surface area contributed by atoms with E-state index in [0.717, 1.165) is 26.1 Å². The molecule has 8 heteroatoms. The fraction of sp³-hybridized carbons (Fsp3) is 0.769. The van der Waals surface area contributed by atoms with Gasteiger partial charge in [-0.05, 0) is 12.3 Å². The molecule has 2 unspecified atom stereocenters. The molecule has 0 aromatic carbocycles. The number of nitrogens with two attached hydrogens (primary N) is 1. The first-order chi connectivity index (χ1) is 10.2. The highest BCUT2D eigenvalue weighted by atomic mass is 16.5. The second-order valence-electron chi connectivity index (χ2n) is 5.60. The first-order valence-electron chi connectivity index (χ1n) is 7.41. The van der Waals surface area contributed by atoms with E-state index in [1.54, 1.807) is 0 Å². The summed E-state index contributed by atoms with van der Waals surface area (Å²) in [7, 11) is 0. The van der Waals surface area contributed by atoms with Crippen molar-refractivity contribution in [1.29, 1.82) is 0 Å². The minimum Gasteiger partial charge on any atom is -0.394 e. The fourth-order valence-electron chi connectivity index (χ4n) is 2.94. The molecule has 116 valence electrons. The maximum absolute atomic E-state index is 9.58. The van der Waals surface area contributed by atoms with E-state index >= 15 is 0 Å². The fourth-order valence-corrected chi connectivity index (χ4v) is 2.94. The number of hydrogen-bond acceptors (Lipinski definition) is 8. The van der Waals surface area contributed by atoms with Crippen LogP contribution in [0.15, 0.2) is 0 Å². The summed E-state index contributed by atoms with van der Waals surface area (Å²) in [6.45, 7) is 5.90. The molecule has 1 aromatic heterocycles. The Morgan fingerprint density at radius 1 is 1.19 bits per heavy atom. The van der Waals surface area contributed by atoms with Gasteiger partial charge in [-0.25, -0.2) is 0 Å². The highest BCUT2D eigenvalue weighted by molar-refractivity contribution is 5.45. The van der Waals surface area contributed by atoms with Crippen LogP contribution in [0, 0.1) is 5.92 Å². The SMILES string of the molecule is CC1CCN(c2nc(N)nc(N3CCOCC3)n2)C1CO. The lowest BCUT2D eigenvalue weighted by Crippen LogP contribution is -2.39. The Labute approximate surface area is 123 Å². The molecule has 2 saturated heterocycles. The maximum atomic E-state index is 9.58. The van der Waals surface area contributed by atoms with E-state index in [9.17, 15) is 5.11 Å². The molecule has 0 radical (unpaired) electrons. The Hall–Kier alpha value is -1.67. The van der Waals surface area contributed by atoms with Crippen molar-refractivity contribution in [2.75, 3.05) is 55.0 Å². The third kappa shape index (κ3) is 2.86. The van der Waals surface area contributed by atoms with E-state index in [0.29, 0.717) is 31.0 Å². The summed E-state index contributed by atoms with van der Waals surface area (Å²) in [5.41, 5.74) is 5.85. The Morgan fingerprint density at radius 2 is 1.90 bits per heavy atom. The molecule has 3 rings (SSSR count). The Kier molecular flexibility index (Phi) is 4.07. The predicted octanol–water partition coefficient (Wildman–Crippen LogP) is -0.502. The third-order valence-corrected chi connectivity index (χ3v) is 4.25. The summed E-state index contributed by atoms with van der Waals surface area (Å²) in [6.07, 6.45) is 1.02. The first-order valence-corrected chi connectivity index (χ1v) is 7.41. The molecule has 8 nitrogen and oxygen atoms in total. The number of ether oxygens (including phenoxy) is 1. The zero-order chi connectivity index (χ0) is 14.8. The van der Waals surface area contributed by atoms with Crippen molar-refractivity contribution in [3.8, 4) is 0 Å². The lowest BCUT2D eigenvalue weighted by molar-refractivity contribution is 0.122. The minimum absolute atomic E-state index is 0.0457. The molecule has 2 atom stereocenters. The molecule has 2 fully saturated rings. The van der Waals surface area contributed by atoms with E-state index in [1.165, 1.54) is 0 Å². The van der Waals surface area contributed by atoms with E-state index in [2.05, 4.69) is 26.8 Å². The number of rotatable bonds is 3. The van der Waals surface area contributed by atoms with Gasteiger partial charge in [-0.15, -0.1) is 0 Å². The molecule has 1 aromatic rings. The van der Waals surface area contributed by atoms with Crippen molar-refractivity contribution in [3.63, 3.8) is 0 Å². The zero-order valence-corrected chi connectivity index (χ0v) is 12.3. The number of morpholine rings is 1. The van der Waals surface area contributed by atoms with E-state index in [-0.39, 0.29) is 18.6 Å². The van der Waals surface area contributed by atoms with Gasteiger partial charge in [0.25, 0.3) is 0 Å². The minimum atomic E-state index is 0.0457. The van der Waals surface area contributed by atoms with Crippen LogP contribution in [0.1, 0.15) is 13.3 Å². The Morgan fingerprint density at radius 3 is 2.62 bits per heavy atom. The lowest BCUT2D eigenvalue weighted by Gasteiger charge is -2.29. The third-order valence-electron chi connectivity index (χ3n) is 4.25. The monoisotopic (exact) mass is 294 g/mol. The molecular formula is C13H22N6O2. The quantitative estimate of drug-likeness (QED) is 0.769. The van der Waals surface area contributed by atoms with Crippen LogP contribution < -0.4 is 15.5 Å². The lowest BCUT2D eigenvalue weighted by atomic mass is 10.0. The largest absolute Gasteiger partial charge is 0.394 e. The van der Waals surface area contributed by atoms with E-state index in [1.807, 2.05) is 4.90 Å². The van der Waals surface area contributed by atoms with Crippen LogP contribution in [0.3, 0.4) is 0 Å². The second-order valence-corrected chi connectivity index (χ2v) is 5.60. The molecule has 3 N–H and O–H groups in total. The molecule has 0 amide bonds. The van der Waals surface area contributed by atoms with Crippen LogP contribution in [0.25, 0.3) is 0 Å². The summed E-state index contributed by atoms with van der Waals surface area (Å²) in [6, 6.07) is 0.0457. The standard InChI is InChI=1S/C13H22N6O2/c1-9-2-3-19(10(9)8-20)13-16-11(14)15-12(17-13)18-4-6-21-7-5-18/h9-10,20H,2-8H2,1H3,(H2,14,15,16,17). The number of aromatic nitrogens is 3. The smallest absolute Gasteiger partial charge is 0.232 e. The zero-order valence-electron chi connectivity index (χ0n) is 12.3. The first kappa shape index (κ1) is 14.3. The number of nitrogens with zero attached hydrogens (tertiary/aromatic N) is 5. The van der Waals surface area contributed by atoms with Gasteiger partial charge in [-0.3, -0.25) is 0 Å². The number of nitrogen functional groups attached to an aromatic ring is 1. The van der Waals surface area contributed by atoms with Crippen molar-refractivity contribution in [2.24, 2.45) is 5.92 Å². The highest BCUT2D eigenvalue weighted by Gasteiger charge is 2.33. The van der Waals surface area contributed by atoms with Gasteiger partial charge >= 0.3 is 0 Å². The molecule has 2 aliphatic heterocycles. The van der Waals surface area contributed by atoms with Gasteiger partial charge in [0.05, 0.1) is 25.9 Å². The molecule has 0 spiro atoms. The molecule has 21 heavy (non-hydrogen) atoms. The van der Waals surface area contributed by atoms with Gasteiger partial charge in [0, 0.05) is 19.6 Å². The van der Waals surface area contributed by atoms with Gasteiger partial charge in [-0.2, -0.15) is 15.0 Å². The van der Waals surface area contributed by atoms with Gasteiger partial charge in [0.2, 0.25) is 17.8 Å². The maximum Gasteiger partial charge on any atom is 0.232 e. The van der Waals surface area contributed by atoms with Crippen LogP contribution in [0.4, 0.5) is 17.8 Å². The summed E-state index contributed by atoms with van der Waals surface area (Å²) in [4.78, 5) is 17.1. The van der Waals surface area contributed by atoms with Crippen molar-refractivity contribution in [1.82, 2.24) is 15.0 Å². The summed E-state index contributed by atoms with van der Waals surface area (Å²) >= 11 is 0. The van der Waals surface area contributed by atoms with Gasteiger partial charge in [0.1, 0.15) is 0 Å². The second kappa shape index (κ2) is 5.98. The van der Waals surface area contributed by atoms with Crippen LogP contribution in [0.2, 0.25) is 0 Å². The molecule has 0 bridgehead atoms. The number of aliphatic hydroxyl groups is 1. The highest BCUT2D eigenvalue weighted by Crippen LogP contribution is 2.28. The molecular weight excluding hydrogens is 272 g/mol. The Balaban J connectivity index is 1.87. The summed E-state index contributed by atoms with van der Waals surface area (Å²) < 4.78 is 5.34. The van der Waals surface area contributed by atoms with Crippen LogP contribution >= 0.6 is 0 Å². The Bertz CT molecular complexity index is 494. The van der Waals surface area contributed by atoms with Crippen molar-refractivity contribution in [3.05, 3.63) is 0 Å². The van der Waals surface area contributed by atoms with Crippen molar-refractivity contribution < 1.29 is 9.84 Å². The predicted molar refractivity (Wildman–Crippen MR) is 79.3 cm³/mol. The summed E-state index contributed by atoms with van der Waals surface area (Å²) in [5, 5.41) is 9.58. The molecule has 2 aliphatic rings. The topological polar surface area (TPSA) is 101 Å². The number of hydrogen-bond donors (Lipinski definition) is 2. The van der Waals surface area contributed by atoms with Crippen molar-refractivity contribution in [2.45, 2.75) is 19.4 Å².